The molecule has 1 aliphatic heterocycles. The molecular weight excluding hydrogens is 304 g/mol. The summed E-state index contributed by atoms with van der Waals surface area (Å²) in [5.41, 5.74) is 0.678. The van der Waals surface area contributed by atoms with E-state index in [9.17, 15) is 4.79 Å². The van der Waals surface area contributed by atoms with Crippen molar-refractivity contribution in [2.45, 2.75) is 26.7 Å². The van der Waals surface area contributed by atoms with Crippen LogP contribution in [0.25, 0.3) is 0 Å². The molecule has 0 atom stereocenters. The predicted octanol–water partition coefficient (Wildman–Crippen LogP) is 2.56. The molecule has 24 heavy (non-hydrogen) atoms. The maximum absolute atomic E-state index is 12.1. The Morgan fingerprint density at radius 1 is 1.25 bits per heavy atom. The van der Waals surface area contributed by atoms with Gasteiger partial charge in [0, 0.05) is 25.2 Å². The summed E-state index contributed by atoms with van der Waals surface area (Å²) in [6.45, 7) is 10.4. The molecule has 1 aromatic rings. The SMILES string of the molecule is CC(C)CCOc1ccc(C(=O)NCCCN2CCOCC2)cc1. The molecule has 0 bridgehead atoms. The second-order valence-electron chi connectivity index (χ2n) is 6.62. The van der Waals surface area contributed by atoms with Crippen LogP contribution in [0.4, 0.5) is 0 Å². The van der Waals surface area contributed by atoms with E-state index in [1.807, 2.05) is 24.3 Å². The van der Waals surface area contributed by atoms with Gasteiger partial charge in [-0.1, -0.05) is 13.8 Å². The summed E-state index contributed by atoms with van der Waals surface area (Å²) in [7, 11) is 0. The fourth-order valence-corrected chi connectivity index (χ4v) is 2.55. The molecule has 1 fully saturated rings. The van der Waals surface area contributed by atoms with E-state index in [2.05, 4.69) is 24.1 Å². The molecule has 0 unspecified atom stereocenters. The lowest BCUT2D eigenvalue weighted by atomic mass is 10.1. The van der Waals surface area contributed by atoms with Crippen LogP contribution in [0.2, 0.25) is 0 Å². The van der Waals surface area contributed by atoms with Gasteiger partial charge < -0.3 is 14.8 Å². The molecule has 2 rings (SSSR count). The first-order valence-electron chi connectivity index (χ1n) is 8.96. The number of benzene rings is 1. The molecule has 0 radical (unpaired) electrons. The maximum Gasteiger partial charge on any atom is 0.251 e. The first-order valence-corrected chi connectivity index (χ1v) is 8.96. The van der Waals surface area contributed by atoms with Gasteiger partial charge in [-0.05, 0) is 49.6 Å². The number of hydrogen-bond donors (Lipinski definition) is 1. The molecule has 5 nitrogen and oxygen atoms in total. The smallest absolute Gasteiger partial charge is 0.251 e. The minimum Gasteiger partial charge on any atom is -0.494 e. The van der Waals surface area contributed by atoms with Gasteiger partial charge in [0.25, 0.3) is 5.91 Å². The topological polar surface area (TPSA) is 50.8 Å². The molecule has 1 aromatic carbocycles. The number of carbonyl (C=O) groups excluding carboxylic acids is 1. The zero-order chi connectivity index (χ0) is 17.2. The van der Waals surface area contributed by atoms with Gasteiger partial charge in [-0.3, -0.25) is 9.69 Å². The van der Waals surface area contributed by atoms with E-state index in [1.54, 1.807) is 0 Å². The normalized spacial score (nSPS) is 15.5. The van der Waals surface area contributed by atoms with Gasteiger partial charge in [-0.15, -0.1) is 0 Å². The summed E-state index contributed by atoms with van der Waals surface area (Å²) in [6, 6.07) is 7.37. The van der Waals surface area contributed by atoms with E-state index in [0.717, 1.165) is 51.4 Å². The Bertz CT molecular complexity index is 482. The summed E-state index contributed by atoms with van der Waals surface area (Å²) in [6.07, 6.45) is 1.99. The number of nitrogens with zero attached hydrogens (tertiary/aromatic N) is 1. The molecule has 134 valence electrons. The third-order valence-corrected chi connectivity index (χ3v) is 4.12. The van der Waals surface area contributed by atoms with Crippen LogP contribution in [0.5, 0.6) is 5.75 Å². The number of hydrogen-bond acceptors (Lipinski definition) is 4. The van der Waals surface area contributed by atoms with Crippen molar-refractivity contribution >= 4 is 5.91 Å². The largest absolute Gasteiger partial charge is 0.494 e. The second kappa shape index (κ2) is 10.3. The van der Waals surface area contributed by atoms with Crippen LogP contribution >= 0.6 is 0 Å². The van der Waals surface area contributed by atoms with E-state index in [1.165, 1.54) is 0 Å². The first-order chi connectivity index (χ1) is 11.6. The van der Waals surface area contributed by atoms with Crippen molar-refractivity contribution in [2.75, 3.05) is 46.0 Å². The van der Waals surface area contributed by atoms with Gasteiger partial charge in [-0.2, -0.15) is 0 Å². The minimum absolute atomic E-state index is 0.0225. The average molecular weight is 334 g/mol. The fourth-order valence-electron chi connectivity index (χ4n) is 2.55. The van der Waals surface area contributed by atoms with Gasteiger partial charge in [-0.25, -0.2) is 0 Å². The molecule has 0 aromatic heterocycles. The highest BCUT2D eigenvalue weighted by Gasteiger charge is 2.10. The summed E-state index contributed by atoms with van der Waals surface area (Å²) >= 11 is 0. The van der Waals surface area contributed by atoms with Crippen LogP contribution in [-0.4, -0.2) is 56.8 Å². The first kappa shape index (κ1) is 18.7. The molecule has 1 amide bonds. The number of amides is 1. The van der Waals surface area contributed by atoms with Crippen LogP contribution in [-0.2, 0) is 4.74 Å². The van der Waals surface area contributed by atoms with Crippen molar-refractivity contribution in [3.8, 4) is 5.75 Å². The second-order valence-corrected chi connectivity index (χ2v) is 6.62. The van der Waals surface area contributed by atoms with E-state index in [0.29, 0.717) is 24.6 Å². The van der Waals surface area contributed by atoms with Crippen molar-refractivity contribution < 1.29 is 14.3 Å². The molecule has 1 aliphatic rings. The van der Waals surface area contributed by atoms with Crippen molar-refractivity contribution in [2.24, 2.45) is 5.92 Å². The Morgan fingerprint density at radius 3 is 2.62 bits per heavy atom. The van der Waals surface area contributed by atoms with Gasteiger partial charge in [0.05, 0.1) is 19.8 Å². The zero-order valence-corrected chi connectivity index (χ0v) is 14.9. The van der Waals surface area contributed by atoms with Gasteiger partial charge in [0.2, 0.25) is 0 Å². The monoisotopic (exact) mass is 334 g/mol. The zero-order valence-electron chi connectivity index (χ0n) is 14.9. The van der Waals surface area contributed by atoms with E-state index in [-0.39, 0.29) is 5.91 Å². The molecule has 1 N–H and O–H groups in total. The van der Waals surface area contributed by atoms with Gasteiger partial charge in [0.15, 0.2) is 0 Å². The fraction of sp³-hybridized carbons (Fsp3) is 0.632. The molecule has 1 heterocycles. The minimum atomic E-state index is -0.0225. The summed E-state index contributed by atoms with van der Waals surface area (Å²) < 4.78 is 11.0. The Hall–Kier alpha value is -1.59. The predicted molar refractivity (Wildman–Crippen MR) is 95.6 cm³/mol. The Balaban J connectivity index is 1.64. The average Bonchev–Trinajstić information content (AvgIpc) is 2.60. The molecule has 0 aliphatic carbocycles. The molecule has 5 heteroatoms. The summed E-state index contributed by atoms with van der Waals surface area (Å²) in [5, 5.41) is 2.98. The van der Waals surface area contributed by atoms with Crippen molar-refractivity contribution in [1.82, 2.24) is 10.2 Å². The Morgan fingerprint density at radius 2 is 1.96 bits per heavy atom. The lowest BCUT2D eigenvalue weighted by Crippen LogP contribution is -2.38. The highest BCUT2D eigenvalue weighted by atomic mass is 16.5. The Kier molecular flexibility index (Phi) is 8.05. The third-order valence-electron chi connectivity index (χ3n) is 4.12. The molecule has 0 saturated carbocycles. The Labute approximate surface area is 145 Å². The number of morpholine rings is 1. The van der Waals surface area contributed by atoms with Crippen molar-refractivity contribution in [3.05, 3.63) is 29.8 Å². The number of ether oxygens (including phenoxy) is 2. The van der Waals surface area contributed by atoms with Gasteiger partial charge >= 0.3 is 0 Å². The van der Waals surface area contributed by atoms with Crippen LogP contribution in [0.1, 0.15) is 37.0 Å². The van der Waals surface area contributed by atoms with E-state index < -0.39 is 0 Å². The number of nitrogens with one attached hydrogen (secondary N) is 1. The van der Waals surface area contributed by atoms with Crippen molar-refractivity contribution in [3.63, 3.8) is 0 Å². The third kappa shape index (κ3) is 6.89. The summed E-state index contributed by atoms with van der Waals surface area (Å²) in [4.78, 5) is 14.5. The van der Waals surface area contributed by atoms with Crippen LogP contribution in [0.3, 0.4) is 0 Å². The molecule has 0 spiro atoms. The number of carbonyl (C=O) groups is 1. The van der Waals surface area contributed by atoms with Crippen LogP contribution in [0.15, 0.2) is 24.3 Å². The van der Waals surface area contributed by atoms with E-state index in [4.69, 9.17) is 9.47 Å². The van der Waals surface area contributed by atoms with Crippen LogP contribution in [0, 0.1) is 5.92 Å². The lowest BCUT2D eigenvalue weighted by molar-refractivity contribution is 0.0374. The highest BCUT2D eigenvalue weighted by Crippen LogP contribution is 2.13. The summed E-state index contributed by atoms with van der Waals surface area (Å²) in [5.74, 6) is 1.43. The van der Waals surface area contributed by atoms with Gasteiger partial charge in [0.1, 0.15) is 5.75 Å². The quantitative estimate of drug-likeness (QED) is 0.705. The lowest BCUT2D eigenvalue weighted by Gasteiger charge is -2.26. The van der Waals surface area contributed by atoms with Crippen molar-refractivity contribution in [1.29, 1.82) is 0 Å². The van der Waals surface area contributed by atoms with E-state index >= 15 is 0 Å². The molecular formula is C19H30N2O3. The number of rotatable bonds is 9. The highest BCUT2D eigenvalue weighted by molar-refractivity contribution is 5.94. The molecule has 1 saturated heterocycles. The van der Waals surface area contributed by atoms with Crippen LogP contribution < -0.4 is 10.1 Å². The maximum atomic E-state index is 12.1. The standard InChI is InChI=1S/C19H30N2O3/c1-16(2)8-13-24-18-6-4-17(5-7-18)19(22)20-9-3-10-21-11-14-23-15-12-21/h4-7,16H,3,8-15H2,1-2H3,(H,20,22).